The number of methoxy groups -OCH3 is 1. The van der Waals surface area contributed by atoms with Gasteiger partial charge in [-0.05, 0) is 31.0 Å². The van der Waals surface area contributed by atoms with Crippen LogP contribution in [-0.2, 0) is 20.5 Å². The van der Waals surface area contributed by atoms with E-state index in [0.717, 1.165) is 38.3 Å². The summed E-state index contributed by atoms with van der Waals surface area (Å²) < 4.78 is 42.4. The van der Waals surface area contributed by atoms with Crippen LogP contribution in [0.4, 0.5) is 13.2 Å². The number of halogens is 3. The van der Waals surface area contributed by atoms with Crippen LogP contribution in [0.1, 0.15) is 37.5 Å². The summed E-state index contributed by atoms with van der Waals surface area (Å²) in [7, 11) is 1.06. The first-order chi connectivity index (χ1) is 11.5. The summed E-state index contributed by atoms with van der Waals surface area (Å²) in [6.07, 6.45) is -5.59. The first-order valence-corrected chi connectivity index (χ1v) is 7.42. The Morgan fingerprint density at radius 2 is 1.76 bits per heavy atom. The molecule has 0 saturated heterocycles. The molecule has 6 nitrogen and oxygen atoms in total. The summed E-state index contributed by atoms with van der Waals surface area (Å²) in [5.41, 5.74) is -2.85. The molecule has 1 aromatic carbocycles. The molecule has 0 saturated carbocycles. The molecular formula is C16H20F3NO5. The van der Waals surface area contributed by atoms with Crippen molar-refractivity contribution in [3.8, 4) is 0 Å². The van der Waals surface area contributed by atoms with Crippen LogP contribution in [0.3, 0.4) is 0 Å². The van der Waals surface area contributed by atoms with E-state index >= 15 is 0 Å². The van der Waals surface area contributed by atoms with Gasteiger partial charge in [0, 0.05) is 7.11 Å². The summed E-state index contributed by atoms with van der Waals surface area (Å²) in [4.78, 5) is 23.3. The molecule has 9 heteroatoms. The van der Waals surface area contributed by atoms with Crippen molar-refractivity contribution in [2.75, 3.05) is 7.11 Å². The van der Waals surface area contributed by atoms with Crippen molar-refractivity contribution in [2.45, 2.75) is 44.2 Å². The second kappa shape index (κ2) is 7.83. The minimum absolute atomic E-state index is 0.162. The quantitative estimate of drug-likeness (QED) is 0.645. The smallest absolute Gasteiger partial charge is 0.416 e. The van der Waals surface area contributed by atoms with Gasteiger partial charge in [0.2, 0.25) is 5.60 Å². The van der Waals surface area contributed by atoms with Crippen molar-refractivity contribution in [3.63, 3.8) is 0 Å². The molecule has 0 aliphatic heterocycles. The van der Waals surface area contributed by atoms with E-state index in [2.05, 4.69) is 5.32 Å². The van der Waals surface area contributed by atoms with Crippen LogP contribution in [0.15, 0.2) is 24.3 Å². The first-order valence-electron chi connectivity index (χ1n) is 7.42. The molecule has 3 unspecified atom stereocenters. The van der Waals surface area contributed by atoms with Gasteiger partial charge >= 0.3 is 12.1 Å². The molecule has 3 atom stereocenters. The van der Waals surface area contributed by atoms with Crippen molar-refractivity contribution in [1.29, 1.82) is 0 Å². The Balaban J connectivity index is 2.96. The molecule has 3 N–H and O–H groups in total. The van der Waals surface area contributed by atoms with Crippen molar-refractivity contribution < 1.29 is 37.7 Å². The van der Waals surface area contributed by atoms with Crippen molar-refractivity contribution >= 4 is 11.9 Å². The number of nitrogens with one attached hydrogen (secondary N) is 1. The number of carbonyl (C=O) groups excluding carboxylic acids is 1. The number of rotatable bonds is 7. The fraction of sp³-hybridized carbons (Fsp3) is 0.500. The van der Waals surface area contributed by atoms with Crippen LogP contribution in [0.5, 0.6) is 0 Å². The number of hydrogen-bond acceptors (Lipinski definition) is 4. The molecule has 0 aliphatic carbocycles. The van der Waals surface area contributed by atoms with Gasteiger partial charge in [-0.25, -0.2) is 4.79 Å². The standard InChI is InChI=1S/C16H20F3NO5/c1-4-11(20-13(22)15(2,25-3)14(23)24)12(21)9-5-7-10(8-6-9)16(17,18)19/h5-8,11-12,21H,4H2,1-3H3,(H,20,22)(H,23,24). The number of aliphatic hydroxyl groups excluding tert-OH is 1. The molecule has 1 amide bonds. The largest absolute Gasteiger partial charge is 0.479 e. The number of carbonyl (C=O) groups is 2. The summed E-state index contributed by atoms with van der Waals surface area (Å²) in [6.45, 7) is 2.69. The minimum Gasteiger partial charge on any atom is -0.479 e. The number of carboxylic acid groups (broad SMARTS) is 1. The second-order valence-corrected chi connectivity index (χ2v) is 5.60. The van der Waals surface area contributed by atoms with E-state index in [1.165, 1.54) is 0 Å². The zero-order chi connectivity index (χ0) is 19.4. The van der Waals surface area contributed by atoms with Crippen LogP contribution in [0.25, 0.3) is 0 Å². The van der Waals surface area contributed by atoms with Gasteiger partial charge in [0.05, 0.1) is 17.7 Å². The molecule has 0 bridgehead atoms. The van der Waals surface area contributed by atoms with Crippen molar-refractivity contribution in [2.24, 2.45) is 0 Å². The van der Waals surface area contributed by atoms with E-state index in [-0.39, 0.29) is 12.0 Å². The average Bonchev–Trinajstić information content (AvgIpc) is 2.57. The van der Waals surface area contributed by atoms with E-state index < -0.39 is 41.4 Å². The van der Waals surface area contributed by atoms with E-state index in [4.69, 9.17) is 9.84 Å². The average molecular weight is 363 g/mol. The zero-order valence-corrected chi connectivity index (χ0v) is 13.9. The first kappa shape index (κ1) is 20.9. The van der Waals surface area contributed by atoms with Gasteiger partial charge in [-0.2, -0.15) is 13.2 Å². The van der Waals surface area contributed by atoms with Gasteiger partial charge in [-0.1, -0.05) is 19.1 Å². The normalized spacial score (nSPS) is 16.6. The third-order valence-electron chi connectivity index (χ3n) is 3.97. The number of hydrogen-bond donors (Lipinski definition) is 3. The maximum absolute atomic E-state index is 12.6. The molecule has 0 spiro atoms. The highest BCUT2D eigenvalue weighted by Gasteiger charge is 2.43. The van der Waals surface area contributed by atoms with Gasteiger partial charge in [-0.15, -0.1) is 0 Å². The Hall–Kier alpha value is -2.13. The molecule has 1 rings (SSSR count). The lowest BCUT2D eigenvalue weighted by atomic mass is 9.97. The number of alkyl halides is 3. The fourth-order valence-corrected chi connectivity index (χ4v) is 2.09. The van der Waals surface area contributed by atoms with Gasteiger partial charge < -0.3 is 20.3 Å². The predicted molar refractivity (Wildman–Crippen MR) is 81.7 cm³/mol. The zero-order valence-electron chi connectivity index (χ0n) is 13.9. The molecule has 0 radical (unpaired) electrons. The monoisotopic (exact) mass is 363 g/mol. The second-order valence-electron chi connectivity index (χ2n) is 5.60. The maximum Gasteiger partial charge on any atom is 0.416 e. The Morgan fingerprint density at radius 3 is 2.12 bits per heavy atom. The van der Waals surface area contributed by atoms with Crippen molar-refractivity contribution in [3.05, 3.63) is 35.4 Å². The summed E-state index contributed by atoms with van der Waals surface area (Å²) >= 11 is 0. The lowest BCUT2D eigenvalue weighted by molar-refractivity contribution is -0.168. The van der Waals surface area contributed by atoms with Gasteiger partial charge in [0.1, 0.15) is 0 Å². The van der Waals surface area contributed by atoms with Crippen molar-refractivity contribution in [1.82, 2.24) is 5.32 Å². The molecular weight excluding hydrogens is 343 g/mol. The van der Waals surface area contributed by atoms with Gasteiger partial charge in [0.25, 0.3) is 5.91 Å². The fourth-order valence-electron chi connectivity index (χ4n) is 2.09. The predicted octanol–water partition coefficient (Wildman–Crippen LogP) is 2.12. The van der Waals surface area contributed by atoms with Gasteiger partial charge in [0.15, 0.2) is 0 Å². The molecule has 140 valence electrons. The Bertz CT molecular complexity index is 617. The van der Waals surface area contributed by atoms with Crippen LogP contribution in [-0.4, -0.2) is 40.8 Å². The highest BCUT2D eigenvalue weighted by molar-refractivity contribution is 6.05. The van der Waals surface area contributed by atoms with Crippen LogP contribution >= 0.6 is 0 Å². The topological polar surface area (TPSA) is 95.9 Å². The van der Waals surface area contributed by atoms with E-state index in [1.807, 2.05) is 0 Å². The lowest BCUT2D eigenvalue weighted by Gasteiger charge is -2.28. The molecule has 0 aromatic heterocycles. The molecule has 25 heavy (non-hydrogen) atoms. The number of aliphatic hydroxyl groups is 1. The number of benzene rings is 1. The molecule has 0 fully saturated rings. The van der Waals surface area contributed by atoms with Crippen LogP contribution in [0.2, 0.25) is 0 Å². The Labute approximate surface area is 142 Å². The molecule has 0 aliphatic rings. The Kier molecular flexibility index (Phi) is 6.55. The highest BCUT2D eigenvalue weighted by atomic mass is 19.4. The maximum atomic E-state index is 12.6. The number of aliphatic carboxylic acids is 1. The van der Waals surface area contributed by atoms with Crippen LogP contribution < -0.4 is 5.32 Å². The number of ether oxygens (including phenoxy) is 1. The van der Waals surface area contributed by atoms with E-state index in [1.54, 1.807) is 6.92 Å². The number of carboxylic acids is 1. The summed E-state index contributed by atoms with van der Waals surface area (Å²) in [5.74, 6) is -2.48. The Morgan fingerprint density at radius 1 is 1.24 bits per heavy atom. The molecule has 1 aromatic rings. The minimum atomic E-state index is -4.50. The third-order valence-corrected chi connectivity index (χ3v) is 3.97. The summed E-state index contributed by atoms with van der Waals surface area (Å²) in [5, 5.41) is 21.8. The van der Waals surface area contributed by atoms with E-state index in [0.29, 0.717) is 0 Å². The molecule has 0 heterocycles. The summed E-state index contributed by atoms with van der Waals surface area (Å²) in [6, 6.07) is 2.95. The van der Waals surface area contributed by atoms with Gasteiger partial charge in [-0.3, -0.25) is 4.79 Å². The lowest BCUT2D eigenvalue weighted by Crippen LogP contribution is -2.55. The highest BCUT2D eigenvalue weighted by Crippen LogP contribution is 2.30. The van der Waals surface area contributed by atoms with E-state index in [9.17, 15) is 27.9 Å². The SMILES string of the molecule is CCC(NC(=O)C(C)(OC)C(=O)O)C(O)c1ccc(C(F)(F)F)cc1. The van der Waals surface area contributed by atoms with Crippen LogP contribution in [0, 0.1) is 0 Å². The number of amides is 1. The third kappa shape index (κ3) is 4.70.